The lowest BCUT2D eigenvalue weighted by Gasteiger charge is -2.30. The minimum absolute atomic E-state index is 0.112. The average molecular weight is 528 g/mol. The Balaban J connectivity index is 3.18. The van der Waals surface area contributed by atoms with Crippen molar-refractivity contribution in [3.8, 4) is 5.75 Å². The quantitative estimate of drug-likeness (QED) is 0.308. The molecule has 0 aliphatic heterocycles. The van der Waals surface area contributed by atoms with Crippen LogP contribution in [0.1, 0.15) is 59.4 Å². The van der Waals surface area contributed by atoms with Crippen LogP contribution in [0.5, 0.6) is 5.75 Å². The number of hydrogen-bond acceptors (Lipinski definition) is 6. The Morgan fingerprint density at radius 3 is 2.15 bits per heavy atom. The van der Waals surface area contributed by atoms with Gasteiger partial charge < -0.3 is 19.9 Å². The number of esters is 2. The standard InChI is InChI=1S/C25H38BrNO6/c1-16(2)14-20(19(8-7-13-26)23(30)33-25(3,4)5)22(29)27-21(24(31)32-6)15-17-9-11-18(28)12-10-17/h9-12,16,19-21,28H,7-8,13-15H2,1-6H3,(H,27,29)/t19-,20+,21-/m0/s1. The highest BCUT2D eigenvalue weighted by atomic mass is 79.9. The van der Waals surface area contributed by atoms with Gasteiger partial charge in [0, 0.05) is 11.8 Å². The van der Waals surface area contributed by atoms with Crippen LogP contribution in [0, 0.1) is 17.8 Å². The number of alkyl halides is 1. The van der Waals surface area contributed by atoms with Crippen molar-refractivity contribution >= 4 is 33.8 Å². The number of rotatable bonds is 12. The van der Waals surface area contributed by atoms with E-state index < -0.39 is 35.4 Å². The zero-order valence-electron chi connectivity index (χ0n) is 20.5. The smallest absolute Gasteiger partial charge is 0.328 e. The third-order valence-electron chi connectivity index (χ3n) is 5.08. The fourth-order valence-corrected chi connectivity index (χ4v) is 3.93. The zero-order valence-corrected chi connectivity index (χ0v) is 22.1. The molecule has 0 saturated carbocycles. The molecule has 0 aromatic heterocycles. The third-order valence-corrected chi connectivity index (χ3v) is 5.65. The van der Waals surface area contributed by atoms with Crippen LogP contribution in [0.3, 0.4) is 0 Å². The highest BCUT2D eigenvalue weighted by molar-refractivity contribution is 9.09. The van der Waals surface area contributed by atoms with Crippen LogP contribution >= 0.6 is 15.9 Å². The molecule has 33 heavy (non-hydrogen) atoms. The maximum atomic E-state index is 13.5. The number of carbonyl (C=O) groups excluding carboxylic acids is 3. The van der Waals surface area contributed by atoms with Crippen LogP contribution < -0.4 is 5.32 Å². The average Bonchev–Trinajstić information content (AvgIpc) is 2.72. The number of nitrogens with one attached hydrogen (secondary N) is 1. The second-order valence-electron chi connectivity index (χ2n) is 9.66. The topological polar surface area (TPSA) is 102 Å². The van der Waals surface area contributed by atoms with Crippen LogP contribution in [0.4, 0.5) is 0 Å². The maximum Gasteiger partial charge on any atom is 0.328 e. The number of phenols is 1. The Labute approximate surface area is 205 Å². The van der Waals surface area contributed by atoms with Gasteiger partial charge in [-0.1, -0.05) is 41.9 Å². The van der Waals surface area contributed by atoms with E-state index in [1.54, 1.807) is 32.9 Å². The summed E-state index contributed by atoms with van der Waals surface area (Å²) >= 11 is 3.40. The first-order valence-electron chi connectivity index (χ1n) is 11.3. The van der Waals surface area contributed by atoms with Gasteiger partial charge in [0.15, 0.2) is 0 Å². The van der Waals surface area contributed by atoms with Gasteiger partial charge >= 0.3 is 11.9 Å². The normalized spacial score (nSPS) is 14.3. The van der Waals surface area contributed by atoms with Crippen LogP contribution in [0.15, 0.2) is 24.3 Å². The Morgan fingerprint density at radius 2 is 1.67 bits per heavy atom. The molecule has 0 radical (unpaired) electrons. The summed E-state index contributed by atoms with van der Waals surface area (Å²) in [5.41, 5.74) is 0.0858. The molecule has 1 aromatic rings. The minimum atomic E-state index is -0.919. The SMILES string of the molecule is COC(=O)[C@H](Cc1ccc(O)cc1)NC(=O)[C@H](CC(C)C)[C@H](CCCBr)C(=O)OC(C)(C)C. The van der Waals surface area contributed by atoms with Crippen molar-refractivity contribution in [2.75, 3.05) is 12.4 Å². The van der Waals surface area contributed by atoms with Gasteiger partial charge in [-0.3, -0.25) is 9.59 Å². The molecule has 3 atom stereocenters. The van der Waals surface area contributed by atoms with Crippen LogP contribution in [0.2, 0.25) is 0 Å². The predicted octanol–water partition coefficient (Wildman–Crippen LogP) is 4.39. The van der Waals surface area contributed by atoms with Crippen molar-refractivity contribution in [1.82, 2.24) is 5.32 Å². The molecule has 8 heteroatoms. The number of hydrogen-bond donors (Lipinski definition) is 2. The molecule has 1 amide bonds. The summed E-state index contributed by atoms with van der Waals surface area (Å²) in [5, 5.41) is 13.0. The fraction of sp³-hybridized carbons (Fsp3) is 0.640. The summed E-state index contributed by atoms with van der Waals surface area (Å²) < 4.78 is 10.5. The minimum Gasteiger partial charge on any atom is -0.508 e. The molecule has 186 valence electrons. The van der Waals surface area contributed by atoms with Crippen LogP contribution in [-0.4, -0.2) is 47.0 Å². The number of amides is 1. The summed E-state index contributed by atoms with van der Waals surface area (Å²) in [6, 6.07) is 5.49. The number of aromatic hydroxyl groups is 1. The molecule has 1 aromatic carbocycles. The molecular weight excluding hydrogens is 490 g/mol. The lowest BCUT2D eigenvalue weighted by Crippen LogP contribution is -2.48. The summed E-state index contributed by atoms with van der Waals surface area (Å²) in [6.45, 7) is 9.38. The summed E-state index contributed by atoms with van der Waals surface area (Å²) in [4.78, 5) is 39.0. The molecule has 0 saturated heterocycles. The first kappa shape index (κ1) is 28.9. The predicted molar refractivity (Wildman–Crippen MR) is 131 cm³/mol. The molecule has 0 aliphatic carbocycles. The van der Waals surface area contributed by atoms with E-state index in [0.29, 0.717) is 24.6 Å². The number of ether oxygens (including phenoxy) is 2. The monoisotopic (exact) mass is 527 g/mol. The van der Waals surface area contributed by atoms with E-state index in [1.165, 1.54) is 19.2 Å². The van der Waals surface area contributed by atoms with E-state index in [1.807, 2.05) is 13.8 Å². The Hall–Kier alpha value is -2.09. The molecule has 2 N–H and O–H groups in total. The van der Waals surface area contributed by atoms with E-state index in [-0.39, 0.29) is 24.0 Å². The molecule has 0 unspecified atom stereocenters. The van der Waals surface area contributed by atoms with Crippen molar-refractivity contribution in [3.05, 3.63) is 29.8 Å². The second-order valence-corrected chi connectivity index (χ2v) is 10.5. The fourth-order valence-electron chi connectivity index (χ4n) is 3.60. The molecule has 0 bridgehead atoms. The van der Waals surface area contributed by atoms with E-state index in [2.05, 4.69) is 21.2 Å². The summed E-state index contributed by atoms with van der Waals surface area (Å²) in [7, 11) is 1.27. The van der Waals surface area contributed by atoms with Gasteiger partial charge in [0.25, 0.3) is 0 Å². The number of halogens is 1. The Kier molecular flexibility index (Phi) is 11.9. The van der Waals surface area contributed by atoms with Gasteiger partial charge in [0.2, 0.25) is 5.91 Å². The molecule has 0 spiro atoms. The molecule has 0 aliphatic rings. The first-order valence-corrected chi connectivity index (χ1v) is 12.4. The Bertz CT molecular complexity index is 772. The van der Waals surface area contributed by atoms with Crippen molar-refractivity contribution in [1.29, 1.82) is 0 Å². The summed E-state index contributed by atoms with van der Waals surface area (Å²) in [6.07, 6.45) is 1.88. The van der Waals surface area contributed by atoms with Crippen LogP contribution in [0.25, 0.3) is 0 Å². The van der Waals surface area contributed by atoms with Gasteiger partial charge in [-0.25, -0.2) is 4.79 Å². The van der Waals surface area contributed by atoms with Crippen molar-refractivity contribution in [3.63, 3.8) is 0 Å². The van der Waals surface area contributed by atoms with Gasteiger partial charge in [0.05, 0.1) is 18.9 Å². The van der Waals surface area contributed by atoms with E-state index in [4.69, 9.17) is 9.47 Å². The number of phenolic OH excluding ortho intramolecular Hbond substituents is 1. The zero-order chi connectivity index (χ0) is 25.2. The van der Waals surface area contributed by atoms with Gasteiger partial charge in [-0.05, 0) is 63.6 Å². The van der Waals surface area contributed by atoms with Gasteiger partial charge in [0.1, 0.15) is 17.4 Å². The molecule has 0 fully saturated rings. The van der Waals surface area contributed by atoms with Crippen molar-refractivity contribution in [2.45, 2.75) is 71.9 Å². The summed E-state index contributed by atoms with van der Waals surface area (Å²) in [5.74, 6) is -2.36. The first-order chi connectivity index (χ1) is 15.4. The lowest BCUT2D eigenvalue weighted by atomic mass is 9.81. The van der Waals surface area contributed by atoms with Gasteiger partial charge in [-0.15, -0.1) is 0 Å². The highest BCUT2D eigenvalue weighted by Crippen LogP contribution is 2.29. The number of methoxy groups -OCH3 is 1. The maximum absolute atomic E-state index is 13.5. The number of carbonyl (C=O) groups is 3. The van der Waals surface area contributed by atoms with E-state index in [9.17, 15) is 19.5 Å². The highest BCUT2D eigenvalue weighted by Gasteiger charge is 2.38. The third kappa shape index (κ3) is 10.6. The molecule has 0 heterocycles. The second kappa shape index (κ2) is 13.6. The van der Waals surface area contributed by atoms with Crippen molar-refractivity contribution < 1.29 is 29.0 Å². The Morgan fingerprint density at radius 1 is 1.06 bits per heavy atom. The van der Waals surface area contributed by atoms with Crippen LogP contribution in [-0.2, 0) is 30.3 Å². The van der Waals surface area contributed by atoms with E-state index in [0.717, 1.165) is 5.56 Å². The largest absolute Gasteiger partial charge is 0.508 e. The van der Waals surface area contributed by atoms with Gasteiger partial charge in [-0.2, -0.15) is 0 Å². The molecule has 7 nitrogen and oxygen atoms in total. The van der Waals surface area contributed by atoms with E-state index >= 15 is 0 Å². The lowest BCUT2D eigenvalue weighted by molar-refractivity contribution is -0.164. The number of benzene rings is 1. The molecular formula is C25H38BrNO6. The van der Waals surface area contributed by atoms with Crippen molar-refractivity contribution in [2.24, 2.45) is 17.8 Å². The molecule has 1 rings (SSSR count).